The van der Waals surface area contributed by atoms with E-state index in [-0.39, 0.29) is 5.54 Å². The molecular formula is C13H23N3. The van der Waals surface area contributed by atoms with Crippen LogP contribution in [0.15, 0.2) is 0 Å². The number of aromatic amines is 1. The number of rotatable bonds is 3. The normalized spacial score (nSPS) is 18.2. The van der Waals surface area contributed by atoms with Crippen LogP contribution in [-0.2, 0) is 5.54 Å². The molecule has 16 heavy (non-hydrogen) atoms. The Morgan fingerprint density at radius 1 is 1.31 bits per heavy atom. The number of H-pyrrole nitrogens is 1. The highest BCUT2D eigenvalue weighted by atomic mass is 15.0. The number of aryl methyl sites for hydroxylation is 1. The third-order valence-corrected chi connectivity index (χ3v) is 3.88. The molecule has 0 bridgehead atoms. The standard InChI is InChI=1S/C13H23N3/c1-9-11(10-7-5-6-8-10)16-12(15-9)13(2,3)14-4/h10,14H,5-8H2,1-4H3,(H,15,16). The van der Waals surface area contributed by atoms with Crippen LogP contribution in [0.2, 0.25) is 0 Å². The van der Waals surface area contributed by atoms with Gasteiger partial charge >= 0.3 is 0 Å². The summed E-state index contributed by atoms with van der Waals surface area (Å²) >= 11 is 0. The van der Waals surface area contributed by atoms with Gasteiger partial charge in [-0.25, -0.2) is 4.98 Å². The highest BCUT2D eigenvalue weighted by Gasteiger charge is 2.27. The Morgan fingerprint density at radius 2 is 1.94 bits per heavy atom. The maximum Gasteiger partial charge on any atom is 0.126 e. The lowest BCUT2D eigenvalue weighted by atomic mass is 10.0. The van der Waals surface area contributed by atoms with Crippen molar-refractivity contribution < 1.29 is 0 Å². The zero-order valence-electron chi connectivity index (χ0n) is 10.9. The molecule has 0 saturated heterocycles. The molecule has 2 rings (SSSR count). The van der Waals surface area contributed by atoms with Gasteiger partial charge in [-0.05, 0) is 40.7 Å². The summed E-state index contributed by atoms with van der Waals surface area (Å²) in [6.07, 6.45) is 5.35. The van der Waals surface area contributed by atoms with Crippen molar-refractivity contribution in [2.75, 3.05) is 7.05 Å². The SMILES string of the molecule is CNC(C)(C)c1nc(C2CCCC2)c(C)[nH]1. The lowest BCUT2D eigenvalue weighted by Crippen LogP contribution is -2.34. The number of aromatic nitrogens is 2. The van der Waals surface area contributed by atoms with Crippen LogP contribution < -0.4 is 5.32 Å². The number of hydrogen-bond acceptors (Lipinski definition) is 2. The van der Waals surface area contributed by atoms with Gasteiger partial charge in [0.25, 0.3) is 0 Å². The van der Waals surface area contributed by atoms with Gasteiger partial charge in [0.15, 0.2) is 0 Å². The largest absolute Gasteiger partial charge is 0.344 e. The molecular weight excluding hydrogens is 198 g/mol. The molecule has 1 heterocycles. The third kappa shape index (κ3) is 2.01. The van der Waals surface area contributed by atoms with E-state index in [4.69, 9.17) is 4.98 Å². The van der Waals surface area contributed by atoms with Crippen LogP contribution in [-0.4, -0.2) is 17.0 Å². The van der Waals surface area contributed by atoms with Crippen LogP contribution in [0.1, 0.15) is 62.7 Å². The van der Waals surface area contributed by atoms with E-state index < -0.39 is 0 Å². The Hall–Kier alpha value is -0.830. The molecule has 0 unspecified atom stereocenters. The van der Waals surface area contributed by atoms with Crippen molar-refractivity contribution in [2.45, 2.75) is 57.9 Å². The van der Waals surface area contributed by atoms with Gasteiger partial charge in [-0.2, -0.15) is 0 Å². The van der Waals surface area contributed by atoms with E-state index in [1.165, 1.54) is 37.1 Å². The van der Waals surface area contributed by atoms with Crippen LogP contribution >= 0.6 is 0 Å². The number of nitrogens with one attached hydrogen (secondary N) is 2. The molecule has 2 N–H and O–H groups in total. The van der Waals surface area contributed by atoms with Crippen LogP contribution in [0, 0.1) is 6.92 Å². The second-order valence-corrected chi connectivity index (χ2v) is 5.45. The second-order valence-electron chi connectivity index (χ2n) is 5.45. The van der Waals surface area contributed by atoms with E-state index in [0.717, 1.165) is 5.82 Å². The summed E-state index contributed by atoms with van der Waals surface area (Å²) in [5.74, 6) is 1.76. The first-order valence-corrected chi connectivity index (χ1v) is 6.30. The van der Waals surface area contributed by atoms with Gasteiger partial charge in [-0.15, -0.1) is 0 Å². The first kappa shape index (κ1) is 11.6. The molecule has 1 aliphatic rings. The number of imidazole rings is 1. The van der Waals surface area contributed by atoms with Gasteiger partial charge in [0.05, 0.1) is 11.2 Å². The third-order valence-electron chi connectivity index (χ3n) is 3.88. The van der Waals surface area contributed by atoms with Crippen LogP contribution in [0.5, 0.6) is 0 Å². The zero-order valence-corrected chi connectivity index (χ0v) is 10.9. The summed E-state index contributed by atoms with van der Waals surface area (Å²) in [5.41, 5.74) is 2.49. The van der Waals surface area contributed by atoms with Crippen molar-refractivity contribution in [1.82, 2.24) is 15.3 Å². The van der Waals surface area contributed by atoms with Crippen LogP contribution in [0.25, 0.3) is 0 Å². The Labute approximate surface area is 98.1 Å². The van der Waals surface area contributed by atoms with E-state index in [1.54, 1.807) is 0 Å². The molecule has 1 aromatic heterocycles. The van der Waals surface area contributed by atoms with E-state index >= 15 is 0 Å². The second kappa shape index (κ2) is 4.21. The molecule has 0 amide bonds. The predicted molar refractivity (Wildman–Crippen MR) is 66.6 cm³/mol. The van der Waals surface area contributed by atoms with Crippen molar-refractivity contribution >= 4 is 0 Å². The number of nitrogens with zero attached hydrogens (tertiary/aromatic N) is 1. The van der Waals surface area contributed by atoms with Gasteiger partial charge in [0.1, 0.15) is 5.82 Å². The highest BCUT2D eigenvalue weighted by Crippen LogP contribution is 2.35. The summed E-state index contributed by atoms with van der Waals surface area (Å²) < 4.78 is 0. The fourth-order valence-corrected chi connectivity index (χ4v) is 2.49. The van der Waals surface area contributed by atoms with Crippen molar-refractivity contribution in [3.8, 4) is 0 Å². The maximum atomic E-state index is 4.82. The molecule has 1 saturated carbocycles. The fourth-order valence-electron chi connectivity index (χ4n) is 2.49. The van der Waals surface area contributed by atoms with Crippen molar-refractivity contribution in [1.29, 1.82) is 0 Å². The summed E-state index contributed by atoms with van der Waals surface area (Å²) in [7, 11) is 1.98. The fraction of sp³-hybridized carbons (Fsp3) is 0.769. The van der Waals surface area contributed by atoms with Gasteiger partial charge in [0.2, 0.25) is 0 Å². The summed E-state index contributed by atoms with van der Waals surface area (Å²) in [5, 5.41) is 3.29. The first-order valence-electron chi connectivity index (χ1n) is 6.30. The Bertz CT molecular complexity index is 359. The van der Waals surface area contributed by atoms with E-state index in [0.29, 0.717) is 5.92 Å². The van der Waals surface area contributed by atoms with E-state index in [2.05, 4.69) is 31.1 Å². The monoisotopic (exact) mass is 221 g/mol. The smallest absolute Gasteiger partial charge is 0.126 e. The van der Waals surface area contributed by atoms with Crippen molar-refractivity contribution in [3.05, 3.63) is 17.2 Å². The van der Waals surface area contributed by atoms with Crippen molar-refractivity contribution in [2.24, 2.45) is 0 Å². The quantitative estimate of drug-likeness (QED) is 0.824. The average Bonchev–Trinajstić information content (AvgIpc) is 2.86. The molecule has 0 atom stereocenters. The lowest BCUT2D eigenvalue weighted by Gasteiger charge is -2.20. The molecule has 3 heteroatoms. The van der Waals surface area contributed by atoms with Gasteiger partial charge in [-0.3, -0.25) is 0 Å². The summed E-state index contributed by atoms with van der Waals surface area (Å²) in [6.45, 7) is 6.46. The Morgan fingerprint density at radius 3 is 2.50 bits per heavy atom. The summed E-state index contributed by atoms with van der Waals surface area (Å²) in [6, 6.07) is 0. The minimum Gasteiger partial charge on any atom is -0.344 e. The Kier molecular flexibility index (Phi) is 3.06. The van der Waals surface area contributed by atoms with E-state index in [9.17, 15) is 0 Å². The van der Waals surface area contributed by atoms with E-state index in [1.807, 2.05) is 7.05 Å². The molecule has 0 aliphatic heterocycles. The van der Waals surface area contributed by atoms with Crippen LogP contribution in [0.3, 0.4) is 0 Å². The Balaban J connectivity index is 2.27. The molecule has 90 valence electrons. The maximum absolute atomic E-state index is 4.82. The van der Waals surface area contributed by atoms with Crippen LogP contribution in [0.4, 0.5) is 0 Å². The van der Waals surface area contributed by atoms with Gasteiger partial charge < -0.3 is 10.3 Å². The molecule has 0 spiro atoms. The molecule has 0 aromatic carbocycles. The molecule has 1 aromatic rings. The lowest BCUT2D eigenvalue weighted by molar-refractivity contribution is 0.419. The minimum atomic E-state index is -0.0678. The van der Waals surface area contributed by atoms with Gasteiger partial charge in [0, 0.05) is 11.6 Å². The zero-order chi connectivity index (χ0) is 11.8. The number of hydrogen-bond donors (Lipinski definition) is 2. The minimum absolute atomic E-state index is 0.0678. The highest BCUT2D eigenvalue weighted by molar-refractivity contribution is 5.21. The topological polar surface area (TPSA) is 40.7 Å². The summed E-state index contributed by atoms with van der Waals surface area (Å²) in [4.78, 5) is 8.26. The average molecular weight is 221 g/mol. The predicted octanol–water partition coefficient (Wildman–Crippen LogP) is 2.83. The molecule has 0 radical (unpaired) electrons. The first-order chi connectivity index (χ1) is 7.54. The van der Waals surface area contributed by atoms with Crippen molar-refractivity contribution in [3.63, 3.8) is 0 Å². The molecule has 1 aliphatic carbocycles. The molecule has 1 fully saturated rings. The molecule has 3 nitrogen and oxygen atoms in total. The van der Waals surface area contributed by atoms with Gasteiger partial charge in [-0.1, -0.05) is 12.8 Å².